The van der Waals surface area contributed by atoms with Crippen LogP contribution in [0.1, 0.15) is 18.9 Å². The van der Waals surface area contributed by atoms with Crippen LogP contribution in [0, 0.1) is 6.92 Å². The molecule has 0 fully saturated rings. The van der Waals surface area contributed by atoms with Gasteiger partial charge in [0.05, 0.1) is 0 Å². The van der Waals surface area contributed by atoms with Crippen LogP contribution in [0.3, 0.4) is 0 Å². The van der Waals surface area contributed by atoms with Gasteiger partial charge in [-0.25, -0.2) is 0 Å². The van der Waals surface area contributed by atoms with Gasteiger partial charge in [-0.3, -0.25) is 0 Å². The molecular formula is C13H20NO2. The van der Waals surface area contributed by atoms with Crippen LogP contribution in [0.4, 0.5) is 0 Å². The lowest BCUT2D eigenvalue weighted by atomic mass is 10.2. The Morgan fingerprint density at radius 3 is 3.00 bits per heavy atom. The van der Waals surface area contributed by atoms with Gasteiger partial charge in [0, 0.05) is 6.54 Å². The predicted octanol–water partition coefficient (Wildman–Crippen LogP) is 1.61. The average molecular weight is 222 g/mol. The number of benzene rings is 1. The molecule has 89 valence electrons. The fourth-order valence-electron chi connectivity index (χ4n) is 1.33. The fraction of sp³-hybridized carbons (Fsp3) is 0.462. The van der Waals surface area contributed by atoms with Crippen LogP contribution in [0.25, 0.3) is 0 Å². The topological polar surface area (TPSA) is 41.5 Å². The minimum atomic E-state index is -0.472. The summed E-state index contributed by atoms with van der Waals surface area (Å²) in [4.78, 5) is 0. The first-order valence-electron chi connectivity index (χ1n) is 5.66. The maximum atomic E-state index is 9.60. The zero-order valence-electron chi connectivity index (χ0n) is 9.78. The van der Waals surface area contributed by atoms with Gasteiger partial charge in [0.1, 0.15) is 18.5 Å². The highest BCUT2D eigenvalue weighted by Crippen LogP contribution is 2.12. The fourth-order valence-corrected chi connectivity index (χ4v) is 1.33. The summed E-state index contributed by atoms with van der Waals surface area (Å²) in [5.41, 5.74) is 0.913. The number of rotatable bonds is 7. The van der Waals surface area contributed by atoms with Crippen LogP contribution >= 0.6 is 0 Å². The van der Waals surface area contributed by atoms with E-state index in [-0.39, 0.29) is 0 Å². The van der Waals surface area contributed by atoms with Crippen LogP contribution in [0.15, 0.2) is 24.3 Å². The average Bonchev–Trinajstić information content (AvgIpc) is 2.27. The molecule has 1 unspecified atom stereocenters. The van der Waals surface area contributed by atoms with E-state index < -0.39 is 6.10 Å². The van der Waals surface area contributed by atoms with Gasteiger partial charge in [0.15, 0.2) is 0 Å². The van der Waals surface area contributed by atoms with Crippen molar-refractivity contribution in [3.05, 3.63) is 36.8 Å². The Morgan fingerprint density at radius 2 is 2.31 bits per heavy atom. The van der Waals surface area contributed by atoms with Crippen LogP contribution in [-0.2, 0) is 0 Å². The summed E-state index contributed by atoms with van der Waals surface area (Å²) in [6.45, 7) is 7.70. The van der Waals surface area contributed by atoms with E-state index in [1.54, 1.807) is 0 Å². The van der Waals surface area contributed by atoms with Crippen LogP contribution in [0.2, 0.25) is 0 Å². The summed E-state index contributed by atoms with van der Waals surface area (Å²) >= 11 is 0. The Hall–Kier alpha value is -1.06. The number of ether oxygens (including phenoxy) is 1. The van der Waals surface area contributed by atoms with Crippen molar-refractivity contribution < 1.29 is 9.84 Å². The van der Waals surface area contributed by atoms with Crippen molar-refractivity contribution in [3.63, 3.8) is 0 Å². The van der Waals surface area contributed by atoms with Crippen molar-refractivity contribution in [3.8, 4) is 5.75 Å². The van der Waals surface area contributed by atoms with Crippen LogP contribution < -0.4 is 10.1 Å². The Kier molecular flexibility index (Phi) is 5.90. The quantitative estimate of drug-likeness (QED) is 0.689. The zero-order chi connectivity index (χ0) is 11.8. The maximum Gasteiger partial charge on any atom is 0.119 e. The van der Waals surface area contributed by atoms with Crippen molar-refractivity contribution >= 4 is 0 Å². The molecule has 0 amide bonds. The molecule has 0 saturated carbocycles. The van der Waals surface area contributed by atoms with Gasteiger partial charge in [0.2, 0.25) is 0 Å². The highest BCUT2D eigenvalue weighted by molar-refractivity contribution is 5.29. The van der Waals surface area contributed by atoms with E-state index in [0.29, 0.717) is 13.2 Å². The molecule has 1 aromatic carbocycles. The first-order chi connectivity index (χ1) is 7.72. The van der Waals surface area contributed by atoms with E-state index in [2.05, 4.69) is 19.2 Å². The van der Waals surface area contributed by atoms with Crippen molar-refractivity contribution in [2.24, 2.45) is 0 Å². The summed E-state index contributed by atoms with van der Waals surface area (Å²) in [5, 5.41) is 12.7. The molecular weight excluding hydrogens is 202 g/mol. The smallest absolute Gasteiger partial charge is 0.119 e. The number of aliphatic hydroxyl groups is 1. The summed E-state index contributed by atoms with van der Waals surface area (Å²) in [5.74, 6) is 0.752. The molecule has 0 heterocycles. The molecule has 0 bridgehead atoms. The summed E-state index contributed by atoms with van der Waals surface area (Å²) < 4.78 is 5.45. The minimum absolute atomic E-state index is 0.306. The van der Waals surface area contributed by atoms with Crippen molar-refractivity contribution in [1.29, 1.82) is 0 Å². The van der Waals surface area contributed by atoms with Crippen LogP contribution in [0.5, 0.6) is 5.75 Å². The number of nitrogens with one attached hydrogen (secondary N) is 1. The van der Waals surface area contributed by atoms with Gasteiger partial charge in [-0.15, -0.1) is 0 Å². The number of aliphatic hydroxyl groups excluding tert-OH is 1. The first-order valence-corrected chi connectivity index (χ1v) is 5.66. The molecule has 0 aliphatic heterocycles. The summed E-state index contributed by atoms with van der Waals surface area (Å²) in [7, 11) is 0. The highest BCUT2D eigenvalue weighted by Gasteiger charge is 2.04. The second-order valence-electron chi connectivity index (χ2n) is 3.82. The second-order valence-corrected chi connectivity index (χ2v) is 3.82. The molecule has 0 saturated heterocycles. The van der Waals surface area contributed by atoms with E-state index in [0.717, 1.165) is 24.3 Å². The molecule has 3 heteroatoms. The molecule has 1 rings (SSSR count). The van der Waals surface area contributed by atoms with Crippen molar-refractivity contribution in [2.75, 3.05) is 19.7 Å². The van der Waals surface area contributed by atoms with E-state index >= 15 is 0 Å². The molecule has 1 atom stereocenters. The molecule has 0 spiro atoms. The summed E-state index contributed by atoms with van der Waals surface area (Å²) in [6, 6.07) is 7.51. The largest absolute Gasteiger partial charge is 0.491 e. The Bertz CT molecular complexity index is 302. The first kappa shape index (κ1) is 13.0. The van der Waals surface area contributed by atoms with E-state index in [9.17, 15) is 5.11 Å². The zero-order valence-corrected chi connectivity index (χ0v) is 9.78. The van der Waals surface area contributed by atoms with E-state index in [4.69, 9.17) is 4.74 Å². The molecule has 2 N–H and O–H groups in total. The third kappa shape index (κ3) is 5.14. The molecule has 0 aliphatic rings. The third-order valence-corrected chi connectivity index (χ3v) is 2.15. The van der Waals surface area contributed by atoms with Gasteiger partial charge >= 0.3 is 0 Å². The Morgan fingerprint density at radius 1 is 1.50 bits per heavy atom. The lowest BCUT2D eigenvalue weighted by Crippen LogP contribution is -2.31. The second kappa shape index (κ2) is 7.25. The highest BCUT2D eigenvalue weighted by atomic mass is 16.5. The van der Waals surface area contributed by atoms with E-state index in [1.165, 1.54) is 0 Å². The molecule has 1 aromatic rings. The van der Waals surface area contributed by atoms with E-state index in [1.807, 2.05) is 24.3 Å². The normalized spacial score (nSPS) is 12.4. The maximum absolute atomic E-state index is 9.60. The molecule has 0 aromatic heterocycles. The standard InChI is InChI=1S/C13H20NO2/c1-3-7-14-9-12(15)10-16-13-6-4-5-11(2)8-13/h4-6,8,12,14-15H,2-3,7,9-10H2,1H3. The van der Waals surface area contributed by atoms with Gasteiger partial charge in [-0.05, 0) is 37.6 Å². The Balaban J connectivity index is 2.23. The Labute approximate surface area is 97.4 Å². The number of hydrogen-bond acceptors (Lipinski definition) is 3. The third-order valence-electron chi connectivity index (χ3n) is 2.15. The molecule has 0 aliphatic carbocycles. The van der Waals surface area contributed by atoms with Crippen molar-refractivity contribution in [1.82, 2.24) is 5.32 Å². The minimum Gasteiger partial charge on any atom is -0.491 e. The SMILES string of the molecule is [CH2]c1cccc(OCC(O)CNCCC)c1. The van der Waals surface area contributed by atoms with Gasteiger partial charge in [-0.2, -0.15) is 0 Å². The number of hydrogen-bond donors (Lipinski definition) is 2. The molecule has 1 radical (unpaired) electrons. The lowest BCUT2D eigenvalue weighted by molar-refractivity contribution is 0.106. The van der Waals surface area contributed by atoms with Crippen molar-refractivity contribution in [2.45, 2.75) is 19.4 Å². The van der Waals surface area contributed by atoms with Gasteiger partial charge < -0.3 is 15.2 Å². The van der Waals surface area contributed by atoms with Gasteiger partial charge in [-0.1, -0.05) is 19.1 Å². The van der Waals surface area contributed by atoms with Gasteiger partial charge in [0.25, 0.3) is 0 Å². The molecule has 16 heavy (non-hydrogen) atoms. The predicted molar refractivity (Wildman–Crippen MR) is 65.6 cm³/mol. The monoisotopic (exact) mass is 222 g/mol. The molecule has 3 nitrogen and oxygen atoms in total. The lowest BCUT2D eigenvalue weighted by Gasteiger charge is -2.13. The summed E-state index contributed by atoms with van der Waals surface area (Å²) in [6.07, 6.45) is 0.594. The van der Waals surface area contributed by atoms with Crippen LogP contribution in [-0.4, -0.2) is 30.9 Å².